The topological polar surface area (TPSA) is 52.6 Å². The molecule has 2 fully saturated rings. The molecule has 0 atom stereocenters. The molecule has 0 radical (unpaired) electrons. The van der Waals surface area contributed by atoms with Gasteiger partial charge in [0, 0.05) is 45.3 Å². The lowest BCUT2D eigenvalue weighted by atomic mass is 9.87. The van der Waals surface area contributed by atoms with Gasteiger partial charge < -0.3 is 5.32 Å². The van der Waals surface area contributed by atoms with Gasteiger partial charge in [-0.3, -0.25) is 4.90 Å². The van der Waals surface area contributed by atoms with Crippen molar-refractivity contribution in [2.24, 2.45) is 5.92 Å². The van der Waals surface area contributed by atoms with Gasteiger partial charge in [-0.15, -0.1) is 0 Å². The predicted octanol–water partition coefficient (Wildman–Crippen LogP) is 0.732. The number of nitrogens with one attached hydrogen (secondary N) is 1. The molecule has 0 aromatic heterocycles. The van der Waals surface area contributed by atoms with Gasteiger partial charge in [0.05, 0.1) is 6.26 Å². The average Bonchev–Trinajstić information content (AvgIpc) is 2.41. The van der Waals surface area contributed by atoms with Crippen LogP contribution in [-0.2, 0) is 10.0 Å². The van der Waals surface area contributed by atoms with E-state index in [1.165, 1.54) is 31.9 Å². The van der Waals surface area contributed by atoms with E-state index in [1.54, 1.807) is 4.31 Å². The number of sulfonamides is 1. The van der Waals surface area contributed by atoms with Gasteiger partial charge >= 0.3 is 0 Å². The fourth-order valence-corrected chi connectivity index (χ4v) is 4.00. The summed E-state index contributed by atoms with van der Waals surface area (Å²) in [7, 11) is -3.00. The average molecular weight is 303 g/mol. The highest BCUT2D eigenvalue weighted by atomic mass is 32.2. The molecule has 0 aromatic carbocycles. The van der Waals surface area contributed by atoms with Crippen LogP contribution in [0.25, 0.3) is 0 Å². The lowest BCUT2D eigenvalue weighted by Crippen LogP contribution is -2.50. The Morgan fingerprint density at radius 2 is 1.65 bits per heavy atom. The summed E-state index contributed by atoms with van der Waals surface area (Å²) in [6.07, 6.45) is 6.62. The van der Waals surface area contributed by atoms with Crippen LogP contribution in [0, 0.1) is 5.92 Å². The van der Waals surface area contributed by atoms with Crippen LogP contribution < -0.4 is 5.32 Å². The maximum atomic E-state index is 11.4. The predicted molar refractivity (Wildman–Crippen MR) is 82.3 cm³/mol. The highest BCUT2D eigenvalue weighted by Crippen LogP contribution is 2.23. The van der Waals surface area contributed by atoms with E-state index in [4.69, 9.17) is 0 Å². The van der Waals surface area contributed by atoms with Crippen LogP contribution in [0.4, 0.5) is 0 Å². The van der Waals surface area contributed by atoms with Gasteiger partial charge in [0.2, 0.25) is 10.0 Å². The van der Waals surface area contributed by atoms with Crippen LogP contribution in [0.15, 0.2) is 0 Å². The molecule has 0 bridgehead atoms. The summed E-state index contributed by atoms with van der Waals surface area (Å²) in [5, 5.41) is 3.66. The van der Waals surface area contributed by atoms with E-state index in [0.717, 1.165) is 32.1 Å². The van der Waals surface area contributed by atoms with Gasteiger partial charge in [-0.1, -0.05) is 6.92 Å². The van der Waals surface area contributed by atoms with Crippen molar-refractivity contribution in [2.75, 3.05) is 45.5 Å². The van der Waals surface area contributed by atoms with Crippen molar-refractivity contribution < 1.29 is 8.42 Å². The minimum Gasteiger partial charge on any atom is -0.313 e. The van der Waals surface area contributed by atoms with E-state index >= 15 is 0 Å². The van der Waals surface area contributed by atoms with Crippen molar-refractivity contribution in [1.29, 1.82) is 0 Å². The second-order valence-electron chi connectivity index (χ2n) is 6.41. The van der Waals surface area contributed by atoms with Crippen molar-refractivity contribution in [3.63, 3.8) is 0 Å². The molecule has 20 heavy (non-hydrogen) atoms. The lowest BCUT2D eigenvalue weighted by Gasteiger charge is -2.34. The Labute approximate surface area is 123 Å². The van der Waals surface area contributed by atoms with Gasteiger partial charge in [0.15, 0.2) is 0 Å². The maximum Gasteiger partial charge on any atom is 0.211 e. The Balaban J connectivity index is 1.59. The fourth-order valence-electron chi connectivity index (χ4n) is 3.18. The molecule has 0 unspecified atom stereocenters. The van der Waals surface area contributed by atoms with E-state index in [0.29, 0.717) is 19.1 Å². The molecule has 0 aromatic rings. The monoisotopic (exact) mass is 303 g/mol. The standard InChI is InChI=1S/C14H29N3O2S/c1-13-3-5-14(6-4-13)15-7-8-16-9-11-17(12-10-16)20(2,18)19/h13-15H,3-12H2,1-2H3. The molecule has 2 rings (SSSR count). The molecular formula is C14H29N3O2S. The van der Waals surface area contributed by atoms with Gasteiger partial charge in [-0.25, -0.2) is 8.42 Å². The van der Waals surface area contributed by atoms with E-state index in [-0.39, 0.29) is 0 Å². The number of hydrogen-bond donors (Lipinski definition) is 1. The summed E-state index contributed by atoms with van der Waals surface area (Å²) < 4.78 is 24.5. The number of nitrogens with zero attached hydrogens (tertiary/aromatic N) is 2. The molecular weight excluding hydrogens is 274 g/mol. The highest BCUT2D eigenvalue weighted by molar-refractivity contribution is 7.88. The summed E-state index contributed by atoms with van der Waals surface area (Å²) >= 11 is 0. The molecule has 1 saturated carbocycles. The summed E-state index contributed by atoms with van der Waals surface area (Å²) in [6, 6.07) is 0.698. The third-order valence-corrected chi connectivity index (χ3v) is 5.98. The quantitative estimate of drug-likeness (QED) is 0.814. The van der Waals surface area contributed by atoms with E-state index < -0.39 is 10.0 Å². The van der Waals surface area contributed by atoms with E-state index in [1.807, 2.05) is 0 Å². The SMILES string of the molecule is CC1CCC(NCCN2CCN(S(C)(=O)=O)CC2)CC1. The third-order valence-electron chi connectivity index (χ3n) is 4.68. The molecule has 5 nitrogen and oxygen atoms in total. The van der Waals surface area contributed by atoms with Gasteiger partial charge in [-0.05, 0) is 31.6 Å². The third kappa shape index (κ3) is 4.98. The first kappa shape index (κ1) is 16.2. The van der Waals surface area contributed by atoms with Crippen molar-refractivity contribution in [1.82, 2.24) is 14.5 Å². The first-order valence-electron chi connectivity index (χ1n) is 7.86. The summed E-state index contributed by atoms with van der Waals surface area (Å²) in [4.78, 5) is 2.36. The zero-order chi connectivity index (χ0) is 14.6. The molecule has 0 spiro atoms. The van der Waals surface area contributed by atoms with E-state index in [9.17, 15) is 8.42 Å². The molecule has 0 amide bonds. The summed E-state index contributed by atoms with van der Waals surface area (Å²) in [5.74, 6) is 0.900. The summed E-state index contributed by atoms with van der Waals surface area (Å²) in [5.41, 5.74) is 0. The smallest absolute Gasteiger partial charge is 0.211 e. The Morgan fingerprint density at radius 3 is 2.20 bits per heavy atom. The van der Waals surface area contributed by atoms with E-state index in [2.05, 4.69) is 17.1 Å². The van der Waals surface area contributed by atoms with Gasteiger partial charge in [0.1, 0.15) is 0 Å². The zero-order valence-electron chi connectivity index (χ0n) is 12.8. The lowest BCUT2D eigenvalue weighted by molar-refractivity contribution is 0.185. The minimum absolute atomic E-state index is 0.639. The maximum absolute atomic E-state index is 11.4. The van der Waals surface area contributed by atoms with Gasteiger partial charge in [0.25, 0.3) is 0 Å². The van der Waals surface area contributed by atoms with Gasteiger partial charge in [-0.2, -0.15) is 4.31 Å². The van der Waals surface area contributed by atoms with Crippen LogP contribution >= 0.6 is 0 Å². The molecule has 2 aliphatic rings. The Kier molecular flexibility index (Phi) is 5.84. The van der Waals surface area contributed by atoms with Crippen molar-refractivity contribution in [2.45, 2.75) is 38.6 Å². The highest BCUT2D eigenvalue weighted by Gasteiger charge is 2.23. The zero-order valence-corrected chi connectivity index (χ0v) is 13.7. The Bertz CT molecular complexity index is 383. The summed E-state index contributed by atoms with van der Waals surface area (Å²) in [6.45, 7) is 7.39. The molecule has 118 valence electrons. The molecule has 6 heteroatoms. The van der Waals surface area contributed by atoms with Crippen LogP contribution in [-0.4, -0.2) is 69.2 Å². The molecule has 1 saturated heterocycles. The first-order valence-corrected chi connectivity index (χ1v) is 9.71. The van der Waals surface area contributed by atoms with Crippen molar-refractivity contribution >= 4 is 10.0 Å². The number of rotatable bonds is 5. The van der Waals surface area contributed by atoms with Crippen molar-refractivity contribution in [3.05, 3.63) is 0 Å². The molecule has 1 aliphatic carbocycles. The van der Waals surface area contributed by atoms with Crippen LogP contribution in [0.2, 0.25) is 0 Å². The Morgan fingerprint density at radius 1 is 1.05 bits per heavy atom. The second-order valence-corrected chi connectivity index (χ2v) is 8.40. The van der Waals surface area contributed by atoms with Crippen LogP contribution in [0.3, 0.4) is 0 Å². The van der Waals surface area contributed by atoms with Crippen LogP contribution in [0.5, 0.6) is 0 Å². The number of piperazine rings is 1. The molecule has 1 N–H and O–H groups in total. The number of hydrogen-bond acceptors (Lipinski definition) is 4. The molecule has 1 heterocycles. The molecule has 1 aliphatic heterocycles. The van der Waals surface area contributed by atoms with Crippen molar-refractivity contribution in [3.8, 4) is 0 Å². The minimum atomic E-state index is -3.00. The normalized spacial score (nSPS) is 30.5. The van der Waals surface area contributed by atoms with Crippen LogP contribution in [0.1, 0.15) is 32.6 Å². The largest absolute Gasteiger partial charge is 0.313 e. The first-order chi connectivity index (χ1) is 9.45. The second kappa shape index (κ2) is 7.20. The Hall–Kier alpha value is -0.170. The fraction of sp³-hybridized carbons (Fsp3) is 1.00.